The first-order valence-electron chi connectivity index (χ1n) is 9.21. The molecule has 6 heteroatoms. The fraction of sp³-hybridized carbons (Fsp3) is 0.227. The van der Waals surface area contributed by atoms with Crippen molar-refractivity contribution < 1.29 is 19.4 Å². The number of aromatic nitrogens is 2. The molecule has 0 radical (unpaired) electrons. The van der Waals surface area contributed by atoms with E-state index >= 15 is 0 Å². The van der Waals surface area contributed by atoms with Gasteiger partial charge in [-0.15, -0.1) is 0 Å². The molecule has 0 saturated heterocycles. The van der Waals surface area contributed by atoms with E-state index in [0.29, 0.717) is 35.4 Å². The number of para-hydroxylation sites is 3. The maximum Gasteiger partial charge on any atom is 0.307 e. The molecule has 2 aromatic carbocycles. The number of nitrogens with zero attached hydrogens (tertiary/aromatic N) is 2. The number of carbonyl (C=O) groups is 2. The highest BCUT2D eigenvalue weighted by Crippen LogP contribution is 2.29. The third-order valence-electron chi connectivity index (χ3n) is 5.03. The van der Waals surface area contributed by atoms with Crippen molar-refractivity contribution in [3.05, 3.63) is 72.6 Å². The van der Waals surface area contributed by atoms with Crippen LogP contribution in [0.15, 0.2) is 66.7 Å². The summed E-state index contributed by atoms with van der Waals surface area (Å²) >= 11 is 0. The molecule has 0 aliphatic heterocycles. The Morgan fingerprint density at radius 1 is 1.00 bits per heavy atom. The van der Waals surface area contributed by atoms with Gasteiger partial charge in [-0.1, -0.05) is 42.5 Å². The standard InChI is InChI=1S/C22H20N2O4/c25-21(16-10-4-5-11-17(16)22(26)27)24-19-13-7-6-12-18(19)23-20(24)14-28-15-8-2-1-3-9-15/h1-9,12-13,16-17H,10-11,14H2,(H,26,27). The summed E-state index contributed by atoms with van der Waals surface area (Å²) in [6.07, 6.45) is 4.46. The highest BCUT2D eigenvalue weighted by atomic mass is 16.5. The number of aliphatic carboxylic acids is 1. The maximum absolute atomic E-state index is 13.4. The van der Waals surface area contributed by atoms with Gasteiger partial charge in [-0.25, -0.2) is 4.98 Å². The van der Waals surface area contributed by atoms with E-state index in [4.69, 9.17) is 4.74 Å². The van der Waals surface area contributed by atoms with Gasteiger partial charge in [0.05, 0.1) is 22.9 Å². The van der Waals surface area contributed by atoms with Crippen LogP contribution >= 0.6 is 0 Å². The van der Waals surface area contributed by atoms with Crippen molar-refractivity contribution in [1.29, 1.82) is 0 Å². The van der Waals surface area contributed by atoms with E-state index in [9.17, 15) is 14.7 Å². The average Bonchev–Trinajstić information content (AvgIpc) is 3.11. The molecule has 6 nitrogen and oxygen atoms in total. The largest absolute Gasteiger partial charge is 0.486 e. The first-order chi connectivity index (χ1) is 13.6. The van der Waals surface area contributed by atoms with Gasteiger partial charge in [-0.3, -0.25) is 14.2 Å². The highest BCUT2D eigenvalue weighted by molar-refractivity contribution is 5.94. The Balaban J connectivity index is 1.71. The molecule has 1 aromatic heterocycles. The summed E-state index contributed by atoms with van der Waals surface area (Å²) in [5.41, 5.74) is 1.35. The molecule has 3 aromatic rings. The predicted molar refractivity (Wildman–Crippen MR) is 104 cm³/mol. The predicted octanol–water partition coefficient (Wildman–Crippen LogP) is 3.92. The highest BCUT2D eigenvalue weighted by Gasteiger charge is 2.36. The van der Waals surface area contributed by atoms with Crippen LogP contribution in [0.5, 0.6) is 5.75 Å². The van der Waals surface area contributed by atoms with Crippen LogP contribution in [0.25, 0.3) is 11.0 Å². The van der Waals surface area contributed by atoms with Crippen molar-refractivity contribution in [3.63, 3.8) is 0 Å². The number of fused-ring (bicyclic) bond motifs is 1. The lowest BCUT2D eigenvalue weighted by Gasteiger charge is -2.25. The van der Waals surface area contributed by atoms with Crippen molar-refractivity contribution in [2.75, 3.05) is 0 Å². The molecule has 0 amide bonds. The number of carbonyl (C=O) groups excluding carboxylic acids is 1. The Bertz CT molecular complexity index is 1040. The molecule has 2 unspecified atom stereocenters. The van der Waals surface area contributed by atoms with Gasteiger partial charge < -0.3 is 9.84 Å². The lowest BCUT2D eigenvalue weighted by atomic mass is 9.82. The summed E-state index contributed by atoms with van der Waals surface area (Å²) in [7, 11) is 0. The Kier molecular flexibility index (Phi) is 4.93. The monoisotopic (exact) mass is 376 g/mol. The van der Waals surface area contributed by atoms with Gasteiger partial charge in [0.2, 0.25) is 5.91 Å². The molecule has 4 rings (SSSR count). The van der Waals surface area contributed by atoms with E-state index in [1.165, 1.54) is 4.57 Å². The molecule has 2 atom stereocenters. The van der Waals surface area contributed by atoms with Crippen LogP contribution in [0, 0.1) is 11.8 Å². The van der Waals surface area contributed by atoms with Crippen LogP contribution in [0.3, 0.4) is 0 Å². The molecule has 1 heterocycles. The van der Waals surface area contributed by atoms with Crippen molar-refractivity contribution in [1.82, 2.24) is 9.55 Å². The first-order valence-corrected chi connectivity index (χ1v) is 9.21. The van der Waals surface area contributed by atoms with Crippen LogP contribution in [0.4, 0.5) is 0 Å². The van der Waals surface area contributed by atoms with Gasteiger partial charge in [-0.2, -0.15) is 0 Å². The second kappa shape index (κ2) is 7.68. The number of carboxylic acids is 1. The smallest absolute Gasteiger partial charge is 0.307 e. The third kappa shape index (κ3) is 3.41. The Hall–Kier alpha value is -3.41. The third-order valence-corrected chi connectivity index (χ3v) is 5.03. The zero-order chi connectivity index (χ0) is 19.5. The van der Waals surface area contributed by atoms with Gasteiger partial charge in [0, 0.05) is 0 Å². The number of benzene rings is 2. The maximum atomic E-state index is 13.4. The van der Waals surface area contributed by atoms with Crippen molar-refractivity contribution in [2.24, 2.45) is 11.8 Å². The van der Waals surface area contributed by atoms with E-state index in [-0.39, 0.29) is 12.5 Å². The Morgan fingerprint density at radius 3 is 2.43 bits per heavy atom. The molecule has 1 N–H and O–H groups in total. The van der Waals surface area contributed by atoms with Crippen molar-refractivity contribution in [3.8, 4) is 5.75 Å². The first kappa shape index (κ1) is 18.0. The lowest BCUT2D eigenvalue weighted by Crippen LogP contribution is -2.35. The van der Waals surface area contributed by atoms with Crippen LogP contribution < -0.4 is 4.74 Å². The van der Waals surface area contributed by atoms with E-state index < -0.39 is 17.8 Å². The van der Waals surface area contributed by atoms with Crippen LogP contribution in [-0.4, -0.2) is 26.5 Å². The topological polar surface area (TPSA) is 81.4 Å². The minimum atomic E-state index is -0.950. The second-order valence-corrected chi connectivity index (χ2v) is 6.79. The molecular weight excluding hydrogens is 356 g/mol. The zero-order valence-corrected chi connectivity index (χ0v) is 15.2. The van der Waals surface area contributed by atoms with E-state index in [1.54, 1.807) is 0 Å². The molecule has 0 spiro atoms. The summed E-state index contributed by atoms with van der Waals surface area (Å²) < 4.78 is 7.33. The SMILES string of the molecule is O=C(O)C1CC=CCC1C(=O)n1c(COc2ccccc2)nc2ccccc21. The quantitative estimate of drug-likeness (QED) is 0.683. The molecule has 1 aliphatic rings. The summed E-state index contributed by atoms with van der Waals surface area (Å²) in [5, 5.41) is 9.55. The molecule has 1 aliphatic carbocycles. The second-order valence-electron chi connectivity index (χ2n) is 6.79. The number of carboxylic acid groups (broad SMARTS) is 1. The number of imidazole rings is 1. The molecule has 0 bridgehead atoms. The van der Waals surface area contributed by atoms with Crippen LogP contribution in [-0.2, 0) is 11.4 Å². The molecule has 28 heavy (non-hydrogen) atoms. The number of rotatable bonds is 5. The van der Waals surface area contributed by atoms with E-state index in [2.05, 4.69) is 4.98 Å². The van der Waals surface area contributed by atoms with Crippen molar-refractivity contribution >= 4 is 22.9 Å². The van der Waals surface area contributed by atoms with Crippen LogP contribution in [0.1, 0.15) is 23.5 Å². The Labute approximate surface area is 162 Å². The minimum Gasteiger partial charge on any atom is -0.486 e. The molecular formula is C22H20N2O4. The average molecular weight is 376 g/mol. The molecule has 0 saturated carbocycles. The number of hydrogen-bond acceptors (Lipinski definition) is 4. The van der Waals surface area contributed by atoms with Gasteiger partial charge in [-0.05, 0) is 37.1 Å². The summed E-state index contributed by atoms with van der Waals surface area (Å²) in [5.74, 6) is -1.42. The van der Waals surface area contributed by atoms with Gasteiger partial charge >= 0.3 is 5.97 Å². The number of allylic oxidation sites excluding steroid dienone is 2. The lowest BCUT2D eigenvalue weighted by molar-refractivity contribution is -0.143. The number of hydrogen-bond donors (Lipinski definition) is 1. The molecule has 0 fully saturated rings. The summed E-state index contributed by atoms with van der Waals surface area (Å²) in [6, 6.07) is 16.7. The minimum absolute atomic E-state index is 0.116. The van der Waals surface area contributed by atoms with E-state index in [1.807, 2.05) is 66.7 Å². The zero-order valence-electron chi connectivity index (χ0n) is 15.2. The number of ether oxygens (including phenoxy) is 1. The van der Waals surface area contributed by atoms with E-state index in [0.717, 1.165) is 0 Å². The van der Waals surface area contributed by atoms with Crippen LogP contribution in [0.2, 0.25) is 0 Å². The normalized spacial score (nSPS) is 18.9. The van der Waals surface area contributed by atoms with Gasteiger partial charge in [0.1, 0.15) is 12.4 Å². The fourth-order valence-corrected chi connectivity index (χ4v) is 3.61. The fourth-order valence-electron chi connectivity index (χ4n) is 3.61. The van der Waals surface area contributed by atoms with Crippen molar-refractivity contribution in [2.45, 2.75) is 19.4 Å². The molecule has 142 valence electrons. The van der Waals surface area contributed by atoms with Gasteiger partial charge in [0.15, 0.2) is 5.82 Å². The summed E-state index contributed by atoms with van der Waals surface area (Å²) in [6.45, 7) is 0.116. The Morgan fingerprint density at radius 2 is 1.68 bits per heavy atom. The summed E-state index contributed by atoms with van der Waals surface area (Å²) in [4.78, 5) is 29.6. The van der Waals surface area contributed by atoms with Gasteiger partial charge in [0.25, 0.3) is 0 Å².